The Bertz CT molecular complexity index is 813. The molecule has 0 aliphatic carbocycles. The Morgan fingerprint density at radius 3 is 2.77 bits per heavy atom. The summed E-state index contributed by atoms with van der Waals surface area (Å²) in [6, 6.07) is 6.19. The molecule has 1 aliphatic rings. The van der Waals surface area contributed by atoms with Gasteiger partial charge in [0.25, 0.3) is 0 Å². The Morgan fingerprint density at radius 1 is 1.31 bits per heavy atom. The molecule has 1 atom stereocenters. The lowest BCUT2D eigenvalue weighted by atomic mass is 10.1. The molecule has 0 fully saturated rings. The molecule has 7 nitrogen and oxygen atoms in total. The maximum absolute atomic E-state index is 5.42. The third-order valence-electron chi connectivity index (χ3n) is 4.67. The van der Waals surface area contributed by atoms with Crippen molar-refractivity contribution >= 4 is 5.96 Å². The normalized spacial score (nSPS) is 14.4. The number of hydrogen-bond acceptors (Lipinski definition) is 4. The fraction of sp³-hybridized carbons (Fsp3) is 0.474. The van der Waals surface area contributed by atoms with Gasteiger partial charge in [-0.05, 0) is 50.5 Å². The standard InChI is InChI=1S/C19H27N5O2/c1-12(8-16-13(2)23-24(5)14(16)3)22-19(20-4)21-10-15-6-7-17-18(9-15)26-11-25-17/h6-7,9,12H,8,10-11H2,1-5H3,(H2,20,21,22). The van der Waals surface area contributed by atoms with E-state index in [1.54, 1.807) is 7.05 Å². The van der Waals surface area contributed by atoms with E-state index in [1.165, 1.54) is 11.3 Å². The lowest BCUT2D eigenvalue weighted by Crippen LogP contribution is -2.42. The van der Waals surface area contributed by atoms with E-state index in [2.05, 4.69) is 41.5 Å². The first kappa shape index (κ1) is 18.1. The average Bonchev–Trinajstić information content (AvgIpc) is 3.18. The summed E-state index contributed by atoms with van der Waals surface area (Å²) in [5.74, 6) is 2.37. The summed E-state index contributed by atoms with van der Waals surface area (Å²) < 4.78 is 12.7. The summed E-state index contributed by atoms with van der Waals surface area (Å²) in [6.07, 6.45) is 0.899. The molecule has 7 heteroatoms. The van der Waals surface area contributed by atoms with Gasteiger partial charge in [0, 0.05) is 32.4 Å². The van der Waals surface area contributed by atoms with Gasteiger partial charge in [-0.15, -0.1) is 0 Å². The van der Waals surface area contributed by atoms with Crippen LogP contribution in [-0.4, -0.2) is 35.6 Å². The molecule has 1 aromatic heterocycles. The molecule has 26 heavy (non-hydrogen) atoms. The summed E-state index contributed by atoms with van der Waals surface area (Å²) in [7, 11) is 3.76. The number of fused-ring (bicyclic) bond motifs is 1. The first-order valence-corrected chi connectivity index (χ1v) is 8.82. The van der Waals surface area contributed by atoms with E-state index >= 15 is 0 Å². The number of benzene rings is 1. The maximum Gasteiger partial charge on any atom is 0.231 e. The molecular formula is C19H27N5O2. The van der Waals surface area contributed by atoms with Crippen molar-refractivity contribution in [1.82, 2.24) is 20.4 Å². The molecule has 3 rings (SSSR count). The molecule has 0 bridgehead atoms. The van der Waals surface area contributed by atoms with Crippen molar-refractivity contribution in [2.24, 2.45) is 12.0 Å². The molecule has 1 unspecified atom stereocenters. The number of guanidine groups is 1. The van der Waals surface area contributed by atoms with Crippen molar-refractivity contribution in [3.8, 4) is 11.5 Å². The lowest BCUT2D eigenvalue weighted by molar-refractivity contribution is 0.174. The van der Waals surface area contributed by atoms with Crippen molar-refractivity contribution < 1.29 is 9.47 Å². The van der Waals surface area contributed by atoms with E-state index in [0.717, 1.165) is 35.1 Å². The second kappa shape index (κ2) is 7.68. The molecule has 0 saturated heterocycles. The van der Waals surface area contributed by atoms with Crippen molar-refractivity contribution in [3.63, 3.8) is 0 Å². The van der Waals surface area contributed by atoms with E-state index in [9.17, 15) is 0 Å². The van der Waals surface area contributed by atoms with Crippen molar-refractivity contribution in [1.29, 1.82) is 0 Å². The minimum Gasteiger partial charge on any atom is -0.454 e. The van der Waals surface area contributed by atoms with Crippen LogP contribution in [0.3, 0.4) is 0 Å². The molecule has 2 aromatic rings. The van der Waals surface area contributed by atoms with Gasteiger partial charge < -0.3 is 20.1 Å². The predicted octanol–water partition coefficient (Wildman–Crippen LogP) is 2.06. The maximum atomic E-state index is 5.42. The van der Waals surface area contributed by atoms with Crippen molar-refractivity contribution in [3.05, 3.63) is 40.7 Å². The number of nitrogens with zero attached hydrogens (tertiary/aromatic N) is 3. The molecule has 0 radical (unpaired) electrons. The number of rotatable bonds is 5. The van der Waals surface area contributed by atoms with E-state index in [4.69, 9.17) is 9.47 Å². The number of aromatic nitrogens is 2. The van der Waals surface area contributed by atoms with Crippen LogP contribution in [0.4, 0.5) is 0 Å². The summed E-state index contributed by atoms with van der Waals surface area (Å²) >= 11 is 0. The van der Waals surface area contributed by atoms with Crippen LogP contribution in [0.15, 0.2) is 23.2 Å². The second-order valence-corrected chi connectivity index (χ2v) is 6.64. The SMILES string of the molecule is CN=C(NCc1ccc2c(c1)OCO2)NC(C)Cc1c(C)nn(C)c1C. The zero-order valence-electron chi connectivity index (χ0n) is 16.1. The van der Waals surface area contributed by atoms with Crippen LogP contribution in [-0.2, 0) is 20.0 Å². The minimum absolute atomic E-state index is 0.236. The highest BCUT2D eigenvalue weighted by atomic mass is 16.7. The molecule has 0 saturated carbocycles. The largest absolute Gasteiger partial charge is 0.454 e. The van der Waals surface area contributed by atoms with E-state index in [-0.39, 0.29) is 6.04 Å². The fourth-order valence-corrected chi connectivity index (χ4v) is 3.13. The minimum atomic E-state index is 0.236. The highest BCUT2D eigenvalue weighted by Crippen LogP contribution is 2.32. The Hall–Kier alpha value is -2.70. The molecule has 1 aromatic carbocycles. The zero-order chi connectivity index (χ0) is 18.7. The number of ether oxygens (including phenoxy) is 2. The Labute approximate surface area is 154 Å². The molecule has 0 spiro atoms. The molecule has 1 aliphatic heterocycles. The van der Waals surface area contributed by atoms with Gasteiger partial charge >= 0.3 is 0 Å². The van der Waals surface area contributed by atoms with Crippen LogP contribution in [0.1, 0.15) is 29.4 Å². The van der Waals surface area contributed by atoms with Gasteiger partial charge in [0.2, 0.25) is 6.79 Å². The van der Waals surface area contributed by atoms with E-state index in [0.29, 0.717) is 13.3 Å². The summed E-state index contributed by atoms with van der Waals surface area (Å²) in [4.78, 5) is 4.32. The summed E-state index contributed by atoms with van der Waals surface area (Å²) in [5.41, 5.74) is 4.70. The summed E-state index contributed by atoms with van der Waals surface area (Å²) in [5, 5.41) is 11.3. The highest BCUT2D eigenvalue weighted by Gasteiger charge is 2.15. The third kappa shape index (κ3) is 3.92. The quantitative estimate of drug-likeness (QED) is 0.633. The van der Waals surface area contributed by atoms with Crippen LogP contribution >= 0.6 is 0 Å². The average molecular weight is 357 g/mol. The molecular weight excluding hydrogens is 330 g/mol. The lowest BCUT2D eigenvalue weighted by Gasteiger charge is -2.18. The topological polar surface area (TPSA) is 72.7 Å². The van der Waals surface area contributed by atoms with E-state index in [1.807, 2.05) is 29.9 Å². The Balaban J connectivity index is 1.56. The molecule has 0 amide bonds. The zero-order valence-corrected chi connectivity index (χ0v) is 16.1. The van der Waals surface area contributed by atoms with Crippen LogP contribution in [0, 0.1) is 13.8 Å². The Kier molecular flexibility index (Phi) is 5.35. The first-order chi connectivity index (χ1) is 12.5. The van der Waals surface area contributed by atoms with Crippen molar-refractivity contribution in [2.45, 2.75) is 39.8 Å². The summed E-state index contributed by atoms with van der Waals surface area (Å²) in [6.45, 7) is 7.27. The predicted molar refractivity (Wildman–Crippen MR) is 102 cm³/mol. The van der Waals surface area contributed by atoms with Gasteiger partial charge in [0.05, 0.1) is 5.69 Å². The van der Waals surface area contributed by atoms with Gasteiger partial charge in [-0.25, -0.2) is 0 Å². The van der Waals surface area contributed by atoms with Crippen LogP contribution in [0.2, 0.25) is 0 Å². The second-order valence-electron chi connectivity index (χ2n) is 6.64. The third-order valence-corrected chi connectivity index (χ3v) is 4.67. The van der Waals surface area contributed by atoms with Gasteiger partial charge in [-0.1, -0.05) is 6.07 Å². The molecule has 140 valence electrons. The van der Waals surface area contributed by atoms with Crippen molar-refractivity contribution in [2.75, 3.05) is 13.8 Å². The van der Waals surface area contributed by atoms with Gasteiger partial charge in [0.15, 0.2) is 17.5 Å². The number of aliphatic imine (C=N–C) groups is 1. The highest BCUT2D eigenvalue weighted by molar-refractivity contribution is 5.80. The monoisotopic (exact) mass is 357 g/mol. The number of aryl methyl sites for hydroxylation is 2. The Morgan fingerprint density at radius 2 is 2.08 bits per heavy atom. The van der Waals surface area contributed by atoms with Gasteiger partial charge in [-0.2, -0.15) is 5.10 Å². The van der Waals surface area contributed by atoms with E-state index < -0.39 is 0 Å². The van der Waals surface area contributed by atoms with Crippen LogP contribution < -0.4 is 20.1 Å². The fourth-order valence-electron chi connectivity index (χ4n) is 3.13. The smallest absolute Gasteiger partial charge is 0.231 e. The van der Waals surface area contributed by atoms with Gasteiger partial charge in [-0.3, -0.25) is 9.67 Å². The molecule has 2 heterocycles. The number of hydrogen-bond donors (Lipinski definition) is 2. The van der Waals surface area contributed by atoms with Crippen LogP contribution in [0.25, 0.3) is 0 Å². The first-order valence-electron chi connectivity index (χ1n) is 8.82. The van der Waals surface area contributed by atoms with Crippen LogP contribution in [0.5, 0.6) is 11.5 Å². The number of nitrogens with one attached hydrogen (secondary N) is 2. The molecule has 2 N–H and O–H groups in total. The van der Waals surface area contributed by atoms with Gasteiger partial charge in [0.1, 0.15) is 0 Å².